The Balaban J connectivity index is 1.81. The number of aryl methyl sites for hydroxylation is 1. The number of hydrogen-bond donors (Lipinski definition) is 7. The Morgan fingerprint density at radius 2 is 1.74 bits per heavy atom. The summed E-state index contributed by atoms with van der Waals surface area (Å²) in [5, 5.41) is 72.7. The fourth-order valence-corrected chi connectivity index (χ4v) is 6.76. The lowest BCUT2D eigenvalue weighted by atomic mass is 9.49. The van der Waals surface area contributed by atoms with E-state index in [1.165, 1.54) is 0 Å². The smallest absolute Gasteiger partial charge is 0.229 e. The summed E-state index contributed by atoms with van der Waals surface area (Å²) >= 11 is 0. The molecule has 0 bridgehead atoms. The second kappa shape index (κ2) is 9.45. The highest BCUT2D eigenvalue weighted by Crippen LogP contribution is 2.60. The molecule has 2 fully saturated rings. The van der Waals surface area contributed by atoms with Crippen LogP contribution in [0, 0.1) is 11.3 Å². The van der Waals surface area contributed by atoms with Crippen molar-refractivity contribution >= 4 is 0 Å². The Hall–Kier alpha value is -1.46. The molecule has 35 heavy (non-hydrogen) atoms. The third kappa shape index (κ3) is 4.15. The molecule has 9 atom stereocenters. The van der Waals surface area contributed by atoms with E-state index in [1.54, 1.807) is 6.92 Å². The zero-order chi connectivity index (χ0) is 25.9. The topological polar surface area (TPSA) is 160 Å². The van der Waals surface area contributed by atoms with Gasteiger partial charge in [0.2, 0.25) is 6.29 Å². The number of fused-ring (bicyclic) bond motifs is 3. The van der Waals surface area contributed by atoms with E-state index in [0.29, 0.717) is 24.8 Å². The van der Waals surface area contributed by atoms with Gasteiger partial charge in [-0.05, 0) is 42.6 Å². The van der Waals surface area contributed by atoms with E-state index < -0.39 is 54.7 Å². The summed E-state index contributed by atoms with van der Waals surface area (Å²) < 4.78 is 11.5. The van der Waals surface area contributed by atoms with Gasteiger partial charge < -0.3 is 45.2 Å². The average Bonchev–Trinajstić information content (AvgIpc) is 2.82. The fraction of sp³-hybridized carbons (Fsp3) is 0.769. The van der Waals surface area contributed by atoms with Crippen LogP contribution in [0.5, 0.6) is 11.5 Å². The minimum Gasteiger partial charge on any atom is -0.504 e. The normalized spacial score (nSPS) is 39.4. The lowest BCUT2D eigenvalue weighted by Gasteiger charge is -2.56. The summed E-state index contributed by atoms with van der Waals surface area (Å²) in [6.45, 7) is 7.22. The van der Waals surface area contributed by atoms with E-state index in [9.17, 15) is 35.7 Å². The molecule has 9 heteroatoms. The highest BCUT2D eigenvalue weighted by molar-refractivity contribution is 5.60. The molecule has 0 radical (unpaired) electrons. The Morgan fingerprint density at radius 1 is 1.06 bits per heavy atom. The van der Waals surface area contributed by atoms with Gasteiger partial charge in [0.1, 0.15) is 24.4 Å². The number of aliphatic hydroxyl groups excluding tert-OH is 6. The van der Waals surface area contributed by atoms with Gasteiger partial charge in [-0.3, -0.25) is 0 Å². The number of aromatic hydroxyl groups is 1. The number of phenolic OH excluding ortho intramolecular Hbond substituents is 1. The summed E-state index contributed by atoms with van der Waals surface area (Å²) in [5.41, 5.74) is 1.45. The summed E-state index contributed by atoms with van der Waals surface area (Å²) in [6, 6.07) is 1.93. The van der Waals surface area contributed by atoms with Crippen molar-refractivity contribution in [1.29, 1.82) is 0 Å². The molecule has 7 N–H and O–H groups in total. The van der Waals surface area contributed by atoms with Gasteiger partial charge in [-0.15, -0.1) is 0 Å². The van der Waals surface area contributed by atoms with Gasteiger partial charge in [-0.2, -0.15) is 0 Å². The molecule has 3 aliphatic rings. The molecular weight excluding hydrogens is 456 g/mol. The van der Waals surface area contributed by atoms with Crippen molar-refractivity contribution in [1.82, 2.24) is 0 Å². The van der Waals surface area contributed by atoms with Crippen LogP contribution in [-0.4, -0.2) is 85.8 Å². The minimum atomic E-state index is -1.63. The molecule has 1 saturated heterocycles. The molecule has 9 nitrogen and oxygen atoms in total. The highest BCUT2D eigenvalue weighted by atomic mass is 16.7. The van der Waals surface area contributed by atoms with Crippen LogP contribution in [-0.2, 0) is 16.6 Å². The maximum Gasteiger partial charge on any atom is 0.229 e. The SMILES string of the molecule is C[C@H](CO)c1cc2c(c(O)c1O[C@@H]1O[C@H](CO)[C@@H](O)[C@H](O)[C@H]1O)[C@@]1(C)CC[C@H](O)C(C)(C)[C@@H]1CC2. The van der Waals surface area contributed by atoms with E-state index >= 15 is 0 Å². The van der Waals surface area contributed by atoms with E-state index in [0.717, 1.165) is 17.5 Å². The maximum absolute atomic E-state index is 11.7. The highest BCUT2D eigenvalue weighted by Gasteiger charge is 2.55. The third-order valence-corrected chi connectivity index (χ3v) is 8.99. The molecule has 1 saturated carbocycles. The van der Waals surface area contributed by atoms with Crippen molar-refractivity contribution in [2.24, 2.45) is 11.3 Å². The molecule has 1 aliphatic heterocycles. The zero-order valence-electron chi connectivity index (χ0n) is 20.9. The van der Waals surface area contributed by atoms with Crippen LogP contribution >= 0.6 is 0 Å². The van der Waals surface area contributed by atoms with Gasteiger partial charge >= 0.3 is 0 Å². The van der Waals surface area contributed by atoms with Crippen molar-refractivity contribution in [2.45, 2.75) is 102 Å². The molecule has 1 heterocycles. The number of aliphatic hydroxyl groups is 6. The van der Waals surface area contributed by atoms with Crippen molar-refractivity contribution in [3.63, 3.8) is 0 Å². The van der Waals surface area contributed by atoms with Gasteiger partial charge in [0, 0.05) is 29.1 Å². The van der Waals surface area contributed by atoms with Crippen LogP contribution in [0.3, 0.4) is 0 Å². The zero-order valence-corrected chi connectivity index (χ0v) is 20.9. The monoisotopic (exact) mass is 496 g/mol. The predicted octanol–water partition coefficient (Wildman–Crippen LogP) is 0.668. The number of phenols is 1. The summed E-state index contributed by atoms with van der Waals surface area (Å²) in [4.78, 5) is 0. The second-order valence-electron chi connectivity index (χ2n) is 11.5. The van der Waals surface area contributed by atoms with Crippen LogP contribution in [0.4, 0.5) is 0 Å². The molecule has 2 aliphatic carbocycles. The Kier molecular flexibility index (Phi) is 7.18. The third-order valence-electron chi connectivity index (χ3n) is 8.99. The second-order valence-corrected chi connectivity index (χ2v) is 11.5. The molecular formula is C26H40O9. The molecule has 1 aromatic rings. The van der Waals surface area contributed by atoms with E-state index in [4.69, 9.17) is 9.47 Å². The molecule has 4 rings (SSSR count). The standard InChI is InChI=1S/C26H40O9/c1-12(10-27)14-9-13-5-6-16-25(2,3)17(29)7-8-26(16,4)18(13)20(31)23(14)35-24-22(33)21(32)19(30)15(11-28)34-24/h9,12,15-17,19,21-22,24,27-33H,5-8,10-11H2,1-4H3/t12-,15-,16+,17+,19-,21+,22-,24+,26+/m1/s1. The number of hydrogen-bond acceptors (Lipinski definition) is 9. The van der Waals surface area contributed by atoms with E-state index in [-0.39, 0.29) is 29.4 Å². The van der Waals surface area contributed by atoms with Gasteiger partial charge in [0.05, 0.1) is 12.7 Å². The fourth-order valence-electron chi connectivity index (χ4n) is 6.76. The summed E-state index contributed by atoms with van der Waals surface area (Å²) in [6.07, 6.45) is -5.01. The number of ether oxygens (including phenoxy) is 2. The molecule has 0 spiro atoms. The van der Waals surface area contributed by atoms with Gasteiger partial charge in [0.15, 0.2) is 11.5 Å². The summed E-state index contributed by atoms with van der Waals surface area (Å²) in [7, 11) is 0. The van der Waals surface area contributed by atoms with Crippen molar-refractivity contribution in [2.75, 3.05) is 13.2 Å². The van der Waals surface area contributed by atoms with Gasteiger partial charge in [-0.25, -0.2) is 0 Å². The first kappa shape index (κ1) is 26.6. The van der Waals surface area contributed by atoms with Crippen LogP contribution in [0.15, 0.2) is 6.07 Å². The molecule has 198 valence electrons. The first-order valence-corrected chi connectivity index (χ1v) is 12.5. The average molecular weight is 497 g/mol. The Labute approximate surface area is 205 Å². The van der Waals surface area contributed by atoms with E-state index in [1.807, 2.05) is 6.07 Å². The Bertz CT molecular complexity index is 932. The first-order valence-electron chi connectivity index (χ1n) is 12.5. The Morgan fingerprint density at radius 3 is 2.37 bits per heavy atom. The minimum absolute atomic E-state index is 0.0421. The molecule has 0 amide bonds. The lowest BCUT2D eigenvalue weighted by molar-refractivity contribution is -0.277. The molecule has 0 unspecified atom stereocenters. The summed E-state index contributed by atoms with van der Waals surface area (Å²) in [5.74, 6) is -0.353. The largest absolute Gasteiger partial charge is 0.504 e. The van der Waals surface area contributed by atoms with E-state index in [2.05, 4.69) is 20.8 Å². The van der Waals surface area contributed by atoms with Gasteiger partial charge in [-0.1, -0.05) is 33.8 Å². The van der Waals surface area contributed by atoms with Crippen LogP contribution in [0.25, 0.3) is 0 Å². The molecule has 0 aromatic heterocycles. The first-order chi connectivity index (χ1) is 16.4. The maximum atomic E-state index is 11.7. The lowest BCUT2D eigenvalue weighted by Crippen LogP contribution is -2.60. The quantitative estimate of drug-likeness (QED) is 0.311. The number of benzene rings is 1. The number of rotatable bonds is 5. The van der Waals surface area contributed by atoms with Crippen LogP contribution in [0.2, 0.25) is 0 Å². The molecule has 1 aromatic carbocycles. The van der Waals surface area contributed by atoms with Gasteiger partial charge in [0.25, 0.3) is 0 Å². The van der Waals surface area contributed by atoms with Crippen LogP contribution in [0.1, 0.15) is 69.6 Å². The predicted molar refractivity (Wildman–Crippen MR) is 126 cm³/mol. The van der Waals surface area contributed by atoms with Crippen molar-refractivity contribution in [3.05, 3.63) is 22.8 Å². The van der Waals surface area contributed by atoms with Crippen molar-refractivity contribution in [3.8, 4) is 11.5 Å². The van der Waals surface area contributed by atoms with Crippen LogP contribution < -0.4 is 4.74 Å². The van der Waals surface area contributed by atoms with Crippen molar-refractivity contribution < 1.29 is 45.2 Å².